The molecule has 0 spiro atoms. The number of piperidine rings is 1. The number of anilines is 1. The highest BCUT2D eigenvalue weighted by molar-refractivity contribution is 5.96. The molecule has 1 aromatic carbocycles. The van der Waals surface area contributed by atoms with Gasteiger partial charge in [-0.3, -0.25) is 4.79 Å². The molecule has 3 rings (SSSR count). The number of nitrogens with zero attached hydrogens (tertiary/aromatic N) is 3. The summed E-state index contributed by atoms with van der Waals surface area (Å²) in [6.45, 7) is 5.92. The zero-order chi connectivity index (χ0) is 19.9. The summed E-state index contributed by atoms with van der Waals surface area (Å²) in [4.78, 5) is 35.0. The number of carbonyl (C=O) groups is 2. The molecule has 7 nitrogen and oxygen atoms in total. The fraction of sp³-hybridized carbons (Fsp3) is 0.429. The van der Waals surface area contributed by atoms with Crippen LogP contribution in [0, 0.1) is 6.92 Å². The van der Waals surface area contributed by atoms with E-state index in [0.717, 1.165) is 42.8 Å². The third-order valence-corrected chi connectivity index (χ3v) is 5.00. The van der Waals surface area contributed by atoms with Gasteiger partial charge in [-0.2, -0.15) is 0 Å². The minimum absolute atomic E-state index is 0.0912. The van der Waals surface area contributed by atoms with Crippen LogP contribution in [0.4, 0.5) is 10.5 Å². The summed E-state index contributed by atoms with van der Waals surface area (Å²) in [6, 6.07) is 7.14. The Balaban J connectivity index is 1.63. The Morgan fingerprint density at radius 3 is 2.86 bits per heavy atom. The summed E-state index contributed by atoms with van der Waals surface area (Å²) in [6.07, 6.45) is 6.14. The molecule has 1 aliphatic heterocycles. The molecule has 0 aliphatic carbocycles. The molecule has 0 saturated carbocycles. The second kappa shape index (κ2) is 9.30. The predicted octanol–water partition coefficient (Wildman–Crippen LogP) is 3.34. The molecule has 1 atom stereocenters. The summed E-state index contributed by atoms with van der Waals surface area (Å²) >= 11 is 0. The van der Waals surface area contributed by atoms with E-state index in [1.807, 2.05) is 24.8 Å². The third-order valence-electron chi connectivity index (χ3n) is 5.00. The summed E-state index contributed by atoms with van der Waals surface area (Å²) < 4.78 is 0. The maximum Gasteiger partial charge on any atom is 0.321 e. The average molecular weight is 381 g/mol. The normalized spacial score (nSPS) is 16.5. The SMILES string of the molecule is CCCNC(=O)c1ccc(NC(=O)N2CCCC(c3ccncn3)C2)c(C)c1. The van der Waals surface area contributed by atoms with Crippen molar-refractivity contribution in [3.05, 3.63) is 53.6 Å². The molecule has 1 aromatic heterocycles. The largest absolute Gasteiger partial charge is 0.352 e. The number of urea groups is 1. The van der Waals surface area contributed by atoms with Crippen LogP contribution < -0.4 is 10.6 Å². The molecule has 1 saturated heterocycles. The molecule has 1 aliphatic rings. The van der Waals surface area contributed by atoms with Crippen LogP contribution in [0.15, 0.2) is 36.8 Å². The van der Waals surface area contributed by atoms with Gasteiger partial charge in [0.1, 0.15) is 6.33 Å². The van der Waals surface area contributed by atoms with Gasteiger partial charge < -0.3 is 15.5 Å². The third kappa shape index (κ3) is 4.85. The van der Waals surface area contributed by atoms with Gasteiger partial charge in [-0.05, 0) is 56.0 Å². The van der Waals surface area contributed by atoms with Crippen LogP contribution >= 0.6 is 0 Å². The maximum atomic E-state index is 12.8. The van der Waals surface area contributed by atoms with E-state index in [1.54, 1.807) is 30.7 Å². The van der Waals surface area contributed by atoms with Gasteiger partial charge in [0.25, 0.3) is 5.91 Å². The molecular weight excluding hydrogens is 354 g/mol. The van der Waals surface area contributed by atoms with Crippen LogP contribution in [0.3, 0.4) is 0 Å². The van der Waals surface area contributed by atoms with Crippen LogP contribution in [0.1, 0.15) is 53.7 Å². The topological polar surface area (TPSA) is 87.2 Å². The van der Waals surface area contributed by atoms with E-state index < -0.39 is 0 Å². The summed E-state index contributed by atoms with van der Waals surface area (Å²) in [5, 5.41) is 5.85. The van der Waals surface area contributed by atoms with Crippen LogP contribution in [-0.4, -0.2) is 46.4 Å². The summed E-state index contributed by atoms with van der Waals surface area (Å²) in [7, 11) is 0. The van der Waals surface area contributed by atoms with E-state index in [2.05, 4.69) is 20.6 Å². The van der Waals surface area contributed by atoms with Crippen molar-refractivity contribution in [1.82, 2.24) is 20.2 Å². The molecule has 1 unspecified atom stereocenters. The molecular formula is C21H27N5O2. The van der Waals surface area contributed by atoms with Crippen molar-refractivity contribution in [2.24, 2.45) is 0 Å². The van der Waals surface area contributed by atoms with Gasteiger partial charge in [-0.25, -0.2) is 14.8 Å². The van der Waals surface area contributed by atoms with Gasteiger partial charge in [-0.15, -0.1) is 0 Å². The van der Waals surface area contributed by atoms with Crippen molar-refractivity contribution in [3.63, 3.8) is 0 Å². The number of hydrogen-bond donors (Lipinski definition) is 2. The highest BCUT2D eigenvalue weighted by Crippen LogP contribution is 2.26. The van der Waals surface area contributed by atoms with Crippen molar-refractivity contribution in [3.8, 4) is 0 Å². The van der Waals surface area contributed by atoms with Crippen LogP contribution in [-0.2, 0) is 0 Å². The highest BCUT2D eigenvalue weighted by atomic mass is 16.2. The van der Waals surface area contributed by atoms with Crippen LogP contribution in [0.2, 0.25) is 0 Å². The Bertz CT molecular complexity index is 825. The molecule has 0 radical (unpaired) electrons. The summed E-state index contributed by atoms with van der Waals surface area (Å²) in [5.41, 5.74) is 3.17. The lowest BCUT2D eigenvalue weighted by molar-refractivity contribution is 0.0953. The van der Waals surface area contributed by atoms with E-state index in [1.165, 1.54) is 0 Å². The number of nitrogens with one attached hydrogen (secondary N) is 2. The van der Waals surface area contributed by atoms with Gasteiger partial charge in [-0.1, -0.05) is 6.92 Å². The Morgan fingerprint density at radius 2 is 2.14 bits per heavy atom. The number of aromatic nitrogens is 2. The van der Waals surface area contributed by atoms with E-state index in [-0.39, 0.29) is 17.9 Å². The highest BCUT2D eigenvalue weighted by Gasteiger charge is 2.25. The molecule has 28 heavy (non-hydrogen) atoms. The monoisotopic (exact) mass is 381 g/mol. The van der Waals surface area contributed by atoms with Gasteiger partial charge in [0, 0.05) is 48.7 Å². The molecule has 2 N–H and O–H groups in total. The molecule has 3 amide bonds. The first-order valence-corrected chi connectivity index (χ1v) is 9.79. The zero-order valence-corrected chi connectivity index (χ0v) is 16.4. The molecule has 7 heteroatoms. The molecule has 1 fully saturated rings. The minimum atomic E-state index is -0.120. The van der Waals surface area contributed by atoms with Gasteiger partial charge >= 0.3 is 6.03 Å². The van der Waals surface area contributed by atoms with E-state index in [0.29, 0.717) is 18.7 Å². The minimum Gasteiger partial charge on any atom is -0.352 e. The van der Waals surface area contributed by atoms with E-state index in [4.69, 9.17) is 0 Å². The lowest BCUT2D eigenvalue weighted by Gasteiger charge is -2.32. The second-order valence-corrected chi connectivity index (χ2v) is 7.14. The first kappa shape index (κ1) is 19.8. The molecule has 148 valence electrons. The van der Waals surface area contributed by atoms with Crippen LogP contribution in [0.25, 0.3) is 0 Å². The predicted molar refractivity (Wildman–Crippen MR) is 108 cm³/mol. The number of likely N-dealkylation sites (tertiary alicyclic amines) is 1. The lowest BCUT2D eigenvalue weighted by atomic mass is 9.95. The number of rotatable bonds is 5. The van der Waals surface area contributed by atoms with Gasteiger partial charge in [0.15, 0.2) is 0 Å². The Labute approximate surface area is 165 Å². The van der Waals surface area contributed by atoms with Crippen molar-refractivity contribution in [1.29, 1.82) is 0 Å². The van der Waals surface area contributed by atoms with Crippen LogP contribution in [0.5, 0.6) is 0 Å². The lowest BCUT2D eigenvalue weighted by Crippen LogP contribution is -2.41. The fourth-order valence-electron chi connectivity index (χ4n) is 3.43. The van der Waals surface area contributed by atoms with Crippen molar-refractivity contribution in [2.45, 2.75) is 39.0 Å². The number of aryl methyl sites for hydroxylation is 1. The maximum absolute atomic E-state index is 12.8. The number of carbonyl (C=O) groups excluding carboxylic acids is 2. The molecule has 2 aromatic rings. The standard InChI is InChI=1S/C21H27N5O2/c1-3-9-23-20(27)16-6-7-18(15(2)12-16)25-21(28)26-11-4-5-17(13-26)19-8-10-22-14-24-19/h6-8,10,12,14,17H,3-5,9,11,13H2,1-2H3,(H,23,27)(H,25,28). The number of benzene rings is 1. The van der Waals surface area contributed by atoms with Crippen molar-refractivity contribution in [2.75, 3.05) is 25.0 Å². The Kier molecular flexibility index (Phi) is 6.57. The number of hydrogen-bond acceptors (Lipinski definition) is 4. The molecule has 0 bridgehead atoms. The molecule has 2 heterocycles. The quantitative estimate of drug-likeness (QED) is 0.832. The zero-order valence-electron chi connectivity index (χ0n) is 16.4. The average Bonchev–Trinajstić information content (AvgIpc) is 2.74. The van der Waals surface area contributed by atoms with Crippen molar-refractivity contribution >= 4 is 17.6 Å². The van der Waals surface area contributed by atoms with Gasteiger partial charge in [0.2, 0.25) is 0 Å². The first-order chi connectivity index (χ1) is 13.6. The second-order valence-electron chi connectivity index (χ2n) is 7.14. The summed E-state index contributed by atoms with van der Waals surface area (Å²) in [5.74, 6) is 0.139. The number of amides is 3. The van der Waals surface area contributed by atoms with E-state index >= 15 is 0 Å². The Hall–Kier alpha value is -2.96. The first-order valence-electron chi connectivity index (χ1n) is 9.79. The van der Waals surface area contributed by atoms with Crippen molar-refractivity contribution < 1.29 is 9.59 Å². The van der Waals surface area contributed by atoms with Gasteiger partial charge in [0.05, 0.1) is 0 Å². The smallest absolute Gasteiger partial charge is 0.321 e. The Morgan fingerprint density at radius 1 is 1.29 bits per heavy atom. The van der Waals surface area contributed by atoms with E-state index in [9.17, 15) is 9.59 Å². The fourth-order valence-corrected chi connectivity index (χ4v) is 3.43.